The van der Waals surface area contributed by atoms with Crippen LogP contribution in [0.4, 0.5) is 0 Å². The van der Waals surface area contributed by atoms with E-state index in [0.717, 1.165) is 13.1 Å². The van der Waals surface area contributed by atoms with Gasteiger partial charge in [0, 0.05) is 24.5 Å². The van der Waals surface area contributed by atoms with Crippen molar-refractivity contribution in [3.8, 4) is 0 Å². The van der Waals surface area contributed by atoms with E-state index >= 15 is 0 Å². The maximum Gasteiger partial charge on any atom is 0.0644 e. The van der Waals surface area contributed by atoms with Gasteiger partial charge in [-0.1, -0.05) is 0 Å². The summed E-state index contributed by atoms with van der Waals surface area (Å²) < 4.78 is 0. The maximum atomic E-state index is 9.69. The Morgan fingerprint density at radius 1 is 1.08 bits per heavy atom. The number of rotatable bonds is 1. The quantitative estimate of drug-likeness (QED) is 0.646. The van der Waals surface area contributed by atoms with Crippen LogP contribution in [0.25, 0.3) is 0 Å². The molecule has 1 N–H and O–H groups in total. The lowest BCUT2D eigenvalue weighted by Crippen LogP contribution is -2.61. The number of nitrogens with zero attached hydrogens (tertiary/aromatic N) is 1. The smallest absolute Gasteiger partial charge is 0.0644 e. The van der Waals surface area contributed by atoms with E-state index in [1.54, 1.807) is 0 Å². The minimum atomic E-state index is -0.498. The second-order valence-electron chi connectivity index (χ2n) is 5.43. The molecule has 0 saturated carbocycles. The molecule has 2 heteroatoms. The molecule has 1 saturated heterocycles. The van der Waals surface area contributed by atoms with Gasteiger partial charge in [0.05, 0.1) is 5.60 Å². The van der Waals surface area contributed by atoms with Gasteiger partial charge in [0.1, 0.15) is 0 Å². The van der Waals surface area contributed by atoms with Gasteiger partial charge in [-0.2, -0.15) is 0 Å². The summed E-state index contributed by atoms with van der Waals surface area (Å²) in [5, 5.41) is 9.69. The Morgan fingerprint density at radius 3 is 1.75 bits per heavy atom. The molecule has 0 atom stereocenters. The lowest BCUT2D eigenvalue weighted by molar-refractivity contribution is -0.0913. The average Bonchev–Trinajstić information content (AvgIpc) is 1.46. The van der Waals surface area contributed by atoms with Gasteiger partial charge < -0.3 is 5.11 Å². The zero-order valence-corrected chi connectivity index (χ0v) is 8.89. The predicted octanol–water partition coefficient (Wildman–Crippen LogP) is 1.49. The fourth-order valence-corrected chi connectivity index (χ4v) is 1.47. The van der Waals surface area contributed by atoms with E-state index in [-0.39, 0.29) is 5.54 Å². The largest absolute Gasteiger partial charge is 0.390 e. The highest BCUT2D eigenvalue weighted by atomic mass is 16.3. The number of hydrogen-bond acceptors (Lipinski definition) is 2. The van der Waals surface area contributed by atoms with Crippen LogP contribution in [-0.4, -0.2) is 34.2 Å². The summed E-state index contributed by atoms with van der Waals surface area (Å²) in [6.07, 6.45) is 0. The van der Waals surface area contributed by atoms with Crippen molar-refractivity contribution >= 4 is 0 Å². The fraction of sp³-hybridized carbons (Fsp3) is 1.00. The minimum Gasteiger partial charge on any atom is -0.390 e. The molecule has 0 spiro atoms. The van der Waals surface area contributed by atoms with Crippen molar-refractivity contribution in [2.24, 2.45) is 5.92 Å². The van der Waals surface area contributed by atoms with E-state index in [1.165, 1.54) is 0 Å². The summed E-state index contributed by atoms with van der Waals surface area (Å²) in [5.41, 5.74) is -0.233. The molecule has 1 aliphatic rings. The van der Waals surface area contributed by atoms with E-state index in [0.29, 0.717) is 5.92 Å². The zero-order chi connectivity index (χ0) is 9.57. The van der Waals surface area contributed by atoms with Crippen molar-refractivity contribution in [3.63, 3.8) is 0 Å². The molecule has 0 aliphatic carbocycles. The van der Waals surface area contributed by atoms with Crippen molar-refractivity contribution in [1.29, 1.82) is 0 Å². The molecule has 0 bridgehead atoms. The van der Waals surface area contributed by atoms with E-state index in [9.17, 15) is 5.11 Å². The van der Waals surface area contributed by atoms with E-state index in [1.807, 2.05) is 13.8 Å². The highest BCUT2D eigenvalue weighted by Crippen LogP contribution is 2.31. The molecule has 2 nitrogen and oxygen atoms in total. The second kappa shape index (κ2) is 2.71. The van der Waals surface area contributed by atoms with Crippen molar-refractivity contribution in [2.45, 2.75) is 45.8 Å². The Balaban J connectivity index is 2.39. The van der Waals surface area contributed by atoms with Gasteiger partial charge in [-0.3, -0.25) is 4.90 Å². The SMILES string of the molecule is CC(C)(O)C1CN(C(C)(C)C)C1. The van der Waals surface area contributed by atoms with E-state index in [2.05, 4.69) is 25.7 Å². The molecule has 12 heavy (non-hydrogen) atoms. The van der Waals surface area contributed by atoms with Gasteiger partial charge in [-0.15, -0.1) is 0 Å². The fourth-order valence-electron chi connectivity index (χ4n) is 1.47. The van der Waals surface area contributed by atoms with Gasteiger partial charge in [-0.05, 0) is 34.6 Å². The number of aliphatic hydroxyl groups is 1. The van der Waals surface area contributed by atoms with Gasteiger partial charge in [-0.25, -0.2) is 0 Å². The van der Waals surface area contributed by atoms with Crippen molar-refractivity contribution in [2.75, 3.05) is 13.1 Å². The van der Waals surface area contributed by atoms with Crippen LogP contribution in [-0.2, 0) is 0 Å². The third-order valence-corrected chi connectivity index (χ3v) is 2.83. The van der Waals surface area contributed by atoms with Gasteiger partial charge in [0.15, 0.2) is 0 Å². The Morgan fingerprint density at radius 2 is 1.50 bits per heavy atom. The molecule has 0 unspecified atom stereocenters. The van der Waals surface area contributed by atoms with Crippen LogP contribution in [0, 0.1) is 5.92 Å². The first-order valence-corrected chi connectivity index (χ1v) is 4.68. The van der Waals surface area contributed by atoms with Crippen molar-refractivity contribution in [3.05, 3.63) is 0 Å². The summed E-state index contributed by atoms with van der Waals surface area (Å²) in [5.74, 6) is 0.455. The molecular weight excluding hydrogens is 150 g/mol. The molecule has 1 rings (SSSR count). The third kappa shape index (κ3) is 1.99. The first kappa shape index (κ1) is 10.0. The van der Waals surface area contributed by atoms with Gasteiger partial charge in [0.25, 0.3) is 0 Å². The molecule has 0 aromatic heterocycles. The van der Waals surface area contributed by atoms with Crippen LogP contribution in [0.15, 0.2) is 0 Å². The van der Waals surface area contributed by atoms with Crippen LogP contribution in [0.1, 0.15) is 34.6 Å². The van der Waals surface area contributed by atoms with Crippen LogP contribution in [0.3, 0.4) is 0 Å². The van der Waals surface area contributed by atoms with Gasteiger partial charge in [0.2, 0.25) is 0 Å². The monoisotopic (exact) mass is 171 g/mol. The molecule has 0 amide bonds. The minimum absolute atomic E-state index is 0.266. The molecule has 0 aromatic rings. The number of likely N-dealkylation sites (tertiary alicyclic amines) is 1. The summed E-state index contributed by atoms with van der Waals surface area (Å²) in [4.78, 5) is 2.40. The molecule has 1 aliphatic heterocycles. The van der Waals surface area contributed by atoms with Crippen LogP contribution < -0.4 is 0 Å². The summed E-state index contributed by atoms with van der Waals surface area (Å²) >= 11 is 0. The first-order chi connectivity index (χ1) is 5.21. The zero-order valence-electron chi connectivity index (χ0n) is 8.89. The topological polar surface area (TPSA) is 23.5 Å². The lowest BCUT2D eigenvalue weighted by Gasteiger charge is -2.51. The van der Waals surface area contributed by atoms with Crippen LogP contribution in [0.2, 0.25) is 0 Å². The molecule has 0 aromatic carbocycles. The summed E-state index contributed by atoms with van der Waals surface area (Å²) in [7, 11) is 0. The third-order valence-electron chi connectivity index (χ3n) is 2.83. The molecule has 72 valence electrons. The molecule has 1 heterocycles. The Hall–Kier alpha value is -0.0800. The second-order valence-corrected chi connectivity index (χ2v) is 5.43. The maximum absolute atomic E-state index is 9.69. The number of hydrogen-bond donors (Lipinski definition) is 1. The van der Waals surface area contributed by atoms with Gasteiger partial charge >= 0.3 is 0 Å². The van der Waals surface area contributed by atoms with Crippen LogP contribution in [0.5, 0.6) is 0 Å². The summed E-state index contributed by atoms with van der Waals surface area (Å²) in [6, 6.07) is 0. The van der Waals surface area contributed by atoms with Crippen molar-refractivity contribution in [1.82, 2.24) is 4.90 Å². The van der Waals surface area contributed by atoms with Crippen molar-refractivity contribution < 1.29 is 5.11 Å². The molecular formula is C10H21NO. The highest BCUT2D eigenvalue weighted by Gasteiger charge is 2.41. The normalized spacial score (nSPS) is 22.5. The lowest BCUT2D eigenvalue weighted by atomic mass is 9.82. The molecule has 0 radical (unpaired) electrons. The standard InChI is InChI=1S/C10H21NO/c1-9(2,3)11-6-8(7-11)10(4,5)12/h8,12H,6-7H2,1-5H3. The molecule has 1 fully saturated rings. The van der Waals surface area contributed by atoms with Crippen LogP contribution >= 0.6 is 0 Å². The van der Waals surface area contributed by atoms with E-state index in [4.69, 9.17) is 0 Å². The Labute approximate surface area is 75.6 Å². The highest BCUT2D eigenvalue weighted by molar-refractivity contribution is 4.95. The Bertz CT molecular complexity index is 140. The summed E-state index contributed by atoms with van der Waals surface area (Å²) in [6.45, 7) is 12.5. The Kier molecular flexibility index (Phi) is 2.26. The average molecular weight is 171 g/mol. The van der Waals surface area contributed by atoms with E-state index < -0.39 is 5.60 Å². The first-order valence-electron chi connectivity index (χ1n) is 4.68. The predicted molar refractivity (Wildman–Crippen MR) is 51.1 cm³/mol.